The molecule has 202 valence electrons. The molecule has 0 bridgehead atoms. The molecule has 1 amide bonds. The summed E-state index contributed by atoms with van der Waals surface area (Å²) in [6.45, 7) is 9.13. The lowest BCUT2D eigenvalue weighted by atomic mass is 10.0. The molecule has 0 aliphatic rings. The van der Waals surface area contributed by atoms with Crippen molar-refractivity contribution in [3.63, 3.8) is 0 Å². The number of pyridine rings is 1. The van der Waals surface area contributed by atoms with Crippen LogP contribution in [-0.2, 0) is 29.1 Å². The fourth-order valence-electron chi connectivity index (χ4n) is 4.23. The smallest absolute Gasteiger partial charge is 0.237 e. The van der Waals surface area contributed by atoms with Crippen molar-refractivity contribution in [3.05, 3.63) is 65.5 Å². The Morgan fingerprint density at radius 3 is 2.68 bits per heavy atom. The number of benzene rings is 1. The third-order valence-corrected chi connectivity index (χ3v) is 6.49. The lowest BCUT2D eigenvalue weighted by Gasteiger charge is -2.27. The molecule has 0 aliphatic heterocycles. The van der Waals surface area contributed by atoms with Crippen molar-refractivity contribution >= 4 is 18.3 Å². The summed E-state index contributed by atoms with van der Waals surface area (Å²) in [6, 6.07) is 9.87. The van der Waals surface area contributed by atoms with E-state index in [1.807, 2.05) is 42.4 Å². The van der Waals surface area contributed by atoms with Gasteiger partial charge >= 0.3 is 0 Å². The summed E-state index contributed by atoms with van der Waals surface area (Å²) in [4.78, 5) is 29.6. The summed E-state index contributed by atoms with van der Waals surface area (Å²) < 4.78 is 6.03. The molecular weight excluding hydrogens is 464 g/mol. The van der Waals surface area contributed by atoms with E-state index >= 15 is 0 Å². The summed E-state index contributed by atoms with van der Waals surface area (Å²) in [5.41, 5.74) is 4.41. The number of aryl methyl sites for hydroxylation is 1. The average Bonchev–Trinajstić information content (AvgIpc) is 2.92. The topological polar surface area (TPSA) is 83.6 Å². The fraction of sp³-hybridized carbons (Fsp3) is 0.500. The number of nitrogens with zero attached hydrogens (tertiary/aromatic N) is 2. The van der Waals surface area contributed by atoms with Gasteiger partial charge in [-0.1, -0.05) is 44.6 Å². The van der Waals surface area contributed by atoms with Crippen LogP contribution in [0.1, 0.15) is 67.8 Å². The van der Waals surface area contributed by atoms with E-state index in [-0.39, 0.29) is 11.9 Å². The van der Waals surface area contributed by atoms with Gasteiger partial charge in [0.1, 0.15) is 12.0 Å². The second-order valence-corrected chi connectivity index (χ2v) is 9.30. The quantitative estimate of drug-likeness (QED) is 0.214. The Bertz CT molecular complexity index is 962. The van der Waals surface area contributed by atoms with Gasteiger partial charge in [0.2, 0.25) is 5.91 Å². The number of amides is 1. The minimum absolute atomic E-state index is 0.0882. The van der Waals surface area contributed by atoms with Crippen LogP contribution in [0.25, 0.3) is 6.08 Å². The molecule has 7 nitrogen and oxygen atoms in total. The zero-order valence-electron chi connectivity index (χ0n) is 22.8. The number of likely N-dealkylation sites (N-methyl/N-ethyl adjacent to an activating group) is 2. The standard InChI is InChI=1S/C30H44N4O3/c1-5-25-14-16-28(20-26(25)23-34(4)29(12-11-18-35)30(36)31-3)37-19-10-8-7-9-17-32-21-24-13-15-27(6-2)33-22-24/h5,13-16,18,20,22,29,32H,1,6-12,17,19,21,23H2,2-4H3,(H,31,36). The molecular formula is C30H44N4O3. The van der Waals surface area contributed by atoms with E-state index in [4.69, 9.17) is 4.74 Å². The molecule has 1 heterocycles. The zero-order valence-corrected chi connectivity index (χ0v) is 22.8. The van der Waals surface area contributed by atoms with Gasteiger partial charge in [0.15, 0.2) is 0 Å². The van der Waals surface area contributed by atoms with E-state index in [0.717, 1.165) is 74.1 Å². The van der Waals surface area contributed by atoms with Crippen LogP contribution in [0.2, 0.25) is 0 Å². The van der Waals surface area contributed by atoms with Crippen LogP contribution in [0.15, 0.2) is 43.1 Å². The van der Waals surface area contributed by atoms with Crippen molar-refractivity contribution in [1.82, 2.24) is 20.5 Å². The van der Waals surface area contributed by atoms with Crippen LogP contribution in [0.3, 0.4) is 0 Å². The summed E-state index contributed by atoms with van der Waals surface area (Å²) >= 11 is 0. The van der Waals surface area contributed by atoms with E-state index < -0.39 is 0 Å². The first kappa shape index (κ1) is 30.2. The fourth-order valence-corrected chi connectivity index (χ4v) is 4.23. The molecule has 2 N–H and O–H groups in total. The molecule has 7 heteroatoms. The molecule has 0 radical (unpaired) electrons. The number of unbranched alkanes of at least 4 members (excludes halogenated alkanes) is 3. The monoisotopic (exact) mass is 508 g/mol. The molecule has 1 aromatic heterocycles. The lowest BCUT2D eigenvalue weighted by molar-refractivity contribution is -0.126. The van der Waals surface area contributed by atoms with Crippen LogP contribution in [-0.4, -0.2) is 55.4 Å². The van der Waals surface area contributed by atoms with Gasteiger partial charge in [-0.15, -0.1) is 0 Å². The minimum atomic E-state index is -0.370. The number of nitrogens with one attached hydrogen (secondary N) is 2. The average molecular weight is 509 g/mol. The second-order valence-electron chi connectivity index (χ2n) is 9.30. The number of hydrogen-bond donors (Lipinski definition) is 2. The predicted octanol–water partition coefficient (Wildman–Crippen LogP) is 4.54. The Labute approximate surface area is 222 Å². The first-order valence-electron chi connectivity index (χ1n) is 13.4. The van der Waals surface area contributed by atoms with Crippen molar-refractivity contribution in [3.8, 4) is 5.75 Å². The van der Waals surface area contributed by atoms with Gasteiger partial charge in [0.05, 0.1) is 12.6 Å². The Morgan fingerprint density at radius 2 is 2.00 bits per heavy atom. The maximum Gasteiger partial charge on any atom is 0.237 e. The van der Waals surface area contributed by atoms with Gasteiger partial charge < -0.3 is 20.2 Å². The van der Waals surface area contributed by atoms with Crippen molar-refractivity contribution < 1.29 is 14.3 Å². The third-order valence-electron chi connectivity index (χ3n) is 6.49. The molecule has 2 rings (SSSR count). The maximum absolute atomic E-state index is 12.3. The van der Waals surface area contributed by atoms with E-state index in [9.17, 15) is 9.59 Å². The molecule has 0 aliphatic carbocycles. The third kappa shape index (κ3) is 10.9. The van der Waals surface area contributed by atoms with Crippen molar-refractivity contribution in [1.29, 1.82) is 0 Å². The molecule has 0 fully saturated rings. The first-order chi connectivity index (χ1) is 18.0. The van der Waals surface area contributed by atoms with Crippen LogP contribution in [0.5, 0.6) is 5.75 Å². The predicted molar refractivity (Wildman–Crippen MR) is 150 cm³/mol. The van der Waals surface area contributed by atoms with E-state index in [0.29, 0.717) is 26.0 Å². The van der Waals surface area contributed by atoms with Gasteiger partial charge in [-0.2, -0.15) is 0 Å². The van der Waals surface area contributed by atoms with E-state index in [1.165, 1.54) is 5.56 Å². The summed E-state index contributed by atoms with van der Waals surface area (Å²) in [7, 11) is 3.52. The van der Waals surface area contributed by atoms with Crippen molar-refractivity contribution in [2.75, 3.05) is 27.2 Å². The van der Waals surface area contributed by atoms with Gasteiger partial charge in [-0.3, -0.25) is 14.7 Å². The normalized spacial score (nSPS) is 11.8. The highest BCUT2D eigenvalue weighted by molar-refractivity contribution is 5.81. The molecule has 0 saturated carbocycles. The molecule has 0 saturated heterocycles. The largest absolute Gasteiger partial charge is 0.494 e. The van der Waals surface area contributed by atoms with Gasteiger partial charge in [-0.05, 0) is 74.2 Å². The summed E-state index contributed by atoms with van der Waals surface area (Å²) in [6.07, 6.45) is 10.9. The summed E-state index contributed by atoms with van der Waals surface area (Å²) in [5, 5.41) is 6.19. The number of carbonyl (C=O) groups is 2. The number of aldehydes is 1. The molecule has 0 spiro atoms. The highest BCUT2D eigenvalue weighted by atomic mass is 16.5. The number of rotatable bonds is 19. The van der Waals surface area contributed by atoms with Crippen molar-refractivity contribution in [2.24, 2.45) is 0 Å². The molecule has 1 aromatic carbocycles. The maximum atomic E-state index is 12.3. The zero-order chi connectivity index (χ0) is 26.9. The molecule has 1 atom stereocenters. The number of aromatic nitrogens is 1. The molecule has 37 heavy (non-hydrogen) atoms. The van der Waals surface area contributed by atoms with Gasteiger partial charge in [0, 0.05) is 38.4 Å². The highest BCUT2D eigenvalue weighted by Gasteiger charge is 2.22. The van der Waals surface area contributed by atoms with Crippen LogP contribution in [0.4, 0.5) is 0 Å². The van der Waals surface area contributed by atoms with Crippen LogP contribution < -0.4 is 15.4 Å². The van der Waals surface area contributed by atoms with E-state index in [2.05, 4.69) is 41.3 Å². The Balaban J connectivity index is 1.72. The minimum Gasteiger partial charge on any atom is -0.494 e. The summed E-state index contributed by atoms with van der Waals surface area (Å²) in [5.74, 6) is 0.734. The number of hydrogen-bond acceptors (Lipinski definition) is 6. The Kier molecular flexibility index (Phi) is 14.2. The lowest BCUT2D eigenvalue weighted by Crippen LogP contribution is -2.43. The molecule has 1 unspecified atom stereocenters. The molecule has 2 aromatic rings. The Morgan fingerprint density at radius 1 is 1.19 bits per heavy atom. The Hall–Kier alpha value is -3.03. The first-order valence-corrected chi connectivity index (χ1v) is 13.4. The van der Waals surface area contributed by atoms with Crippen LogP contribution in [0, 0.1) is 0 Å². The number of ether oxygens (including phenoxy) is 1. The van der Waals surface area contributed by atoms with Crippen LogP contribution >= 0.6 is 0 Å². The SMILES string of the molecule is C=Cc1ccc(OCCCCCCNCc2ccc(CC)nc2)cc1CN(C)C(CCC=O)C(=O)NC. The second kappa shape index (κ2) is 17.4. The van der Waals surface area contributed by atoms with Gasteiger partial charge in [-0.25, -0.2) is 0 Å². The number of carbonyl (C=O) groups excluding carboxylic acids is 2. The highest BCUT2D eigenvalue weighted by Crippen LogP contribution is 2.22. The van der Waals surface area contributed by atoms with Crippen molar-refractivity contribution in [2.45, 2.75) is 71.0 Å². The van der Waals surface area contributed by atoms with E-state index in [1.54, 1.807) is 7.05 Å². The van der Waals surface area contributed by atoms with Gasteiger partial charge in [0.25, 0.3) is 0 Å².